The lowest BCUT2D eigenvalue weighted by atomic mass is 10.1. The van der Waals surface area contributed by atoms with E-state index in [9.17, 15) is 9.59 Å². The Morgan fingerprint density at radius 3 is 2.73 bits per heavy atom. The van der Waals surface area contributed by atoms with E-state index in [0.717, 1.165) is 24.2 Å². The second kappa shape index (κ2) is 6.22. The Bertz CT molecular complexity index is 624. The van der Waals surface area contributed by atoms with Gasteiger partial charge in [0, 0.05) is 30.9 Å². The predicted molar refractivity (Wildman–Crippen MR) is 83.8 cm³/mol. The average molecular weight is 300 g/mol. The molecule has 5 nitrogen and oxygen atoms in total. The largest absolute Gasteiger partial charge is 0.450 e. The lowest BCUT2D eigenvalue weighted by molar-refractivity contribution is -0.115. The number of hydrogen-bond donors (Lipinski definition) is 0. The summed E-state index contributed by atoms with van der Waals surface area (Å²) in [5, 5.41) is 0. The first-order valence-electron chi connectivity index (χ1n) is 7.71. The number of hydrogen-bond acceptors (Lipinski definition) is 3. The molecule has 0 aliphatic carbocycles. The van der Waals surface area contributed by atoms with Crippen molar-refractivity contribution < 1.29 is 14.3 Å². The number of benzene rings is 1. The highest BCUT2D eigenvalue weighted by Gasteiger charge is 2.28. The van der Waals surface area contributed by atoms with Crippen molar-refractivity contribution in [2.24, 2.45) is 0 Å². The molecule has 2 aliphatic heterocycles. The minimum absolute atomic E-state index is 0.0634. The van der Waals surface area contributed by atoms with Gasteiger partial charge in [0.25, 0.3) is 5.91 Å². The number of nitrogens with zero attached hydrogens (tertiary/aromatic N) is 2. The Morgan fingerprint density at radius 2 is 2.00 bits per heavy atom. The number of rotatable bonds is 2. The molecule has 0 bridgehead atoms. The summed E-state index contributed by atoms with van der Waals surface area (Å²) in [4.78, 5) is 27.8. The Morgan fingerprint density at radius 1 is 1.18 bits per heavy atom. The van der Waals surface area contributed by atoms with Gasteiger partial charge in [-0.05, 0) is 31.4 Å². The maximum absolute atomic E-state index is 12.7. The Hall–Kier alpha value is -2.30. The molecule has 0 saturated heterocycles. The van der Waals surface area contributed by atoms with Crippen molar-refractivity contribution in [1.29, 1.82) is 0 Å². The van der Waals surface area contributed by atoms with Crippen LogP contribution in [0, 0.1) is 0 Å². The second-order valence-corrected chi connectivity index (χ2v) is 5.46. The molecule has 116 valence electrons. The van der Waals surface area contributed by atoms with Crippen LogP contribution < -0.4 is 4.90 Å². The van der Waals surface area contributed by atoms with Crippen LogP contribution >= 0.6 is 0 Å². The van der Waals surface area contributed by atoms with Crippen molar-refractivity contribution in [3.63, 3.8) is 0 Å². The zero-order valence-corrected chi connectivity index (χ0v) is 12.7. The quantitative estimate of drug-likeness (QED) is 0.842. The molecule has 1 aromatic rings. The van der Waals surface area contributed by atoms with E-state index >= 15 is 0 Å². The molecule has 0 atom stereocenters. The van der Waals surface area contributed by atoms with Crippen LogP contribution in [-0.2, 0) is 16.0 Å². The highest BCUT2D eigenvalue weighted by atomic mass is 16.6. The molecule has 0 radical (unpaired) electrons. The molecule has 0 saturated carbocycles. The SMILES string of the molecule is CCOC(=O)N1CC=C(C(=O)N2CCc3ccccc32)CC1. The fourth-order valence-corrected chi connectivity index (χ4v) is 2.97. The lowest BCUT2D eigenvalue weighted by Gasteiger charge is -2.27. The summed E-state index contributed by atoms with van der Waals surface area (Å²) < 4.78 is 4.99. The predicted octanol–water partition coefficient (Wildman–Crippen LogP) is 2.36. The third-order valence-corrected chi connectivity index (χ3v) is 4.14. The van der Waals surface area contributed by atoms with Gasteiger partial charge in [0.05, 0.1) is 6.61 Å². The van der Waals surface area contributed by atoms with E-state index in [1.165, 1.54) is 5.56 Å². The first-order valence-corrected chi connectivity index (χ1v) is 7.71. The molecule has 2 heterocycles. The molecular weight excluding hydrogens is 280 g/mol. The van der Waals surface area contributed by atoms with Gasteiger partial charge in [-0.2, -0.15) is 0 Å². The maximum Gasteiger partial charge on any atom is 0.410 e. The van der Waals surface area contributed by atoms with Crippen LogP contribution in [0.3, 0.4) is 0 Å². The lowest BCUT2D eigenvalue weighted by Crippen LogP contribution is -2.39. The van der Waals surface area contributed by atoms with Gasteiger partial charge < -0.3 is 14.5 Å². The number of fused-ring (bicyclic) bond motifs is 1. The summed E-state index contributed by atoms with van der Waals surface area (Å²) in [6.07, 6.45) is 3.03. The number of ether oxygens (including phenoxy) is 1. The van der Waals surface area contributed by atoms with E-state index in [0.29, 0.717) is 26.1 Å². The first-order chi connectivity index (χ1) is 10.7. The molecule has 22 heavy (non-hydrogen) atoms. The molecule has 5 heteroatoms. The van der Waals surface area contributed by atoms with Crippen molar-refractivity contribution in [2.45, 2.75) is 19.8 Å². The number of carbonyl (C=O) groups excluding carboxylic acids is 2. The van der Waals surface area contributed by atoms with Crippen molar-refractivity contribution in [3.05, 3.63) is 41.5 Å². The zero-order valence-electron chi connectivity index (χ0n) is 12.7. The molecule has 0 N–H and O–H groups in total. The van der Waals surface area contributed by atoms with E-state index in [2.05, 4.69) is 6.07 Å². The van der Waals surface area contributed by atoms with Crippen LogP contribution in [0.1, 0.15) is 18.9 Å². The zero-order chi connectivity index (χ0) is 15.5. The van der Waals surface area contributed by atoms with E-state index in [4.69, 9.17) is 4.74 Å². The number of carbonyl (C=O) groups is 2. The summed E-state index contributed by atoms with van der Waals surface area (Å²) in [7, 11) is 0. The Labute approximate surface area is 130 Å². The molecule has 2 amide bonds. The van der Waals surface area contributed by atoms with Gasteiger partial charge in [0.1, 0.15) is 0 Å². The summed E-state index contributed by atoms with van der Waals surface area (Å²) in [5.74, 6) is 0.0634. The average Bonchev–Trinajstić information content (AvgIpc) is 2.98. The first kappa shape index (κ1) is 14.6. The Balaban J connectivity index is 1.69. The molecule has 3 rings (SSSR count). The van der Waals surface area contributed by atoms with Gasteiger partial charge in [0.2, 0.25) is 0 Å². The molecule has 0 spiro atoms. The van der Waals surface area contributed by atoms with E-state index in [1.54, 1.807) is 11.8 Å². The van der Waals surface area contributed by atoms with Crippen LogP contribution in [0.2, 0.25) is 0 Å². The summed E-state index contributed by atoms with van der Waals surface area (Å²) in [5.41, 5.74) is 3.03. The molecule has 0 fully saturated rings. The van der Waals surface area contributed by atoms with Gasteiger partial charge in [-0.15, -0.1) is 0 Å². The fourth-order valence-electron chi connectivity index (χ4n) is 2.97. The summed E-state index contributed by atoms with van der Waals surface area (Å²) in [6.45, 7) is 3.87. The smallest absolute Gasteiger partial charge is 0.410 e. The topological polar surface area (TPSA) is 49.9 Å². The van der Waals surface area contributed by atoms with Gasteiger partial charge in [0.15, 0.2) is 0 Å². The molecule has 1 aromatic carbocycles. The van der Waals surface area contributed by atoms with Crippen LogP contribution in [-0.4, -0.2) is 43.1 Å². The molecular formula is C17H20N2O3. The minimum Gasteiger partial charge on any atom is -0.450 e. The van der Waals surface area contributed by atoms with Crippen LogP contribution in [0.4, 0.5) is 10.5 Å². The minimum atomic E-state index is -0.309. The maximum atomic E-state index is 12.7. The highest BCUT2D eigenvalue weighted by molar-refractivity contribution is 6.07. The van der Waals surface area contributed by atoms with Gasteiger partial charge in [-0.25, -0.2) is 4.79 Å². The Kier molecular flexibility index (Phi) is 4.13. The van der Waals surface area contributed by atoms with E-state index < -0.39 is 0 Å². The third kappa shape index (κ3) is 2.71. The normalized spacial score (nSPS) is 17.0. The van der Waals surface area contributed by atoms with Crippen molar-refractivity contribution in [1.82, 2.24) is 4.90 Å². The molecule has 0 aromatic heterocycles. The van der Waals surface area contributed by atoms with E-state index in [1.807, 2.05) is 29.2 Å². The van der Waals surface area contributed by atoms with Crippen molar-refractivity contribution in [3.8, 4) is 0 Å². The number of amides is 2. The van der Waals surface area contributed by atoms with Crippen LogP contribution in [0.25, 0.3) is 0 Å². The standard InChI is InChI=1S/C17H20N2O3/c1-2-22-17(21)18-10-7-14(8-11-18)16(20)19-12-9-13-5-3-4-6-15(13)19/h3-7H,2,8-12H2,1H3. The van der Waals surface area contributed by atoms with Gasteiger partial charge in [-0.1, -0.05) is 24.3 Å². The van der Waals surface area contributed by atoms with Gasteiger partial charge in [-0.3, -0.25) is 4.79 Å². The third-order valence-electron chi connectivity index (χ3n) is 4.14. The second-order valence-electron chi connectivity index (χ2n) is 5.46. The van der Waals surface area contributed by atoms with Crippen molar-refractivity contribution in [2.75, 3.05) is 31.1 Å². The molecule has 2 aliphatic rings. The highest BCUT2D eigenvalue weighted by Crippen LogP contribution is 2.29. The van der Waals surface area contributed by atoms with Crippen molar-refractivity contribution >= 4 is 17.7 Å². The number of para-hydroxylation sites is 1. The van der Waals surface area contributed by atoms with Gasteiger partial charge >= 0.3 is 6.09 Å². The number of anilines is 1. The van der Waals surface area contributed by atoms with Crippen LogP contribution in [0.15, 0.2) is 35.9 Å². The van der Waals surface area contributed by atoms with E-state index in [-0.39, 0.29) is 12.0 Å². The van der Waals surface area contributed by atoms with Crippen LogP contribution in [0.5, 0.6) is 0 Å². The summed E-state index contributed by atoms with van der Waals surface area (Å²) in [6, 6.07) is 8.03. The fraction of sp³-hybridized carbons (Fsp3) is 0.412. The molecule has 0 unspecified atom stereocenters. The monoisotopic (exact) mass is 300 g/mol. The summed E-state index contributed by atoms with van der Waals surface area (Å²) >= 11 is 0.